The summed E-state index contributed by atoms with van der Waals surface area (Å²) >= 11 is 0. The Morgan fingerprint density at radius 1 is 1.05 bits per heavy atom. The van der Waals surface area contributed by atoms with Crippen LogP contribution in [0.15, 0.2) is 60.7 Å². The summed E-state index contributed by atoms with van der Waals surface area (Å²) in [7, 11) is -3.43. The van der Waals surface area contributed by atoms with Crippen molar-refractivity contribution >= 4 is 15.7 Å². The highest BCUT2D eigenvalue weighted by Gasteiger charge is 2.33. The number of phenolic OH excluding ortho intramolecular Hbond substituents is 1. The Morgan fingerprint density at radius 2 is 1.68 bits per heavy atom. The highest BCUT2D eigenvalue weighted by atomic mass is 32.2. The molecule has 1 aliphatic rings. The van der Waals surface area contributed by atoms with E-state index in [1.54, 1.807) is 24.3 Å². The third-order valence-corrected chi connectivity index (χ3v) is 4.52. The van der Waals surface area contributed by atoms with Crippen LogP contribution in [-0.2, 0) is 10.0 Å². The summed E-state index contributed by atoms with van der Waals surface area (Å²) in [6, 6.07) is 15.6. The summed E-state index contributed by atoms with van der Waals surface area (Å²) in [4.78, 5) is 0. The minimum Gasteiger partial charge on any atom is -0.508 e. The predicted molar refractivity (Wildman–Crippen MR) is 85.1 cm³/mol. The van der Waals surface area contributed by atoms with Crippen molar-refractivity contribution in [1.82, 2.24) is 9.84 Å². The van der Waals surface area contributed by atoms with E-state index in [1.807, 2.05) is 36.4 Å². The molecule has 0 amide bonds. The van der Waals surface area contributed by atoms with Gasteiger partial charge in [0, 0.05) is 0 Å². The molecule has 0 radical (unpaired) electrons. The molecule has 0 saturated carbocycles. The molecule has 5 nitrogen and oxygen atoms in total. The molecule has 114 valence electrons. The number of nitrogens with zero attached hydrogens (tertiary/aromatic N) is 1. The van der Waals surface area contributed by atoms with Gasteiger partial charge in [0.1, 0.15) is 5.75 Å². The van der Waals surface area contributed by atoms with Gasteiger partial charge in [-0.25, -0.2) is 8.42 Å². The SMILES string of the molecule is CS(=O)(=O)N1NC(c2ccc(O)cc2)=C[C@@H]1c1ccccc1. The summed E-state index contributed by atoms with van der Waals surface area (Å²) in [5.41, 5.74) is 5.33. The first kappa shape index (κ1) is 14.6. The lowest BCUT2D eigenvalue weighted by Crippen LogP contribution is -2.38. The molecule has 1 aliphatic heterocycles. The number of aromatic hydroxyl groups is 1. The summed E-state index contributed by atoms with van der Waals surface area (Å²) in [5.74, 6) is 0.168. The van der Waals surface area contributed by atoms with Crippen LogP contribution < -0.4 is 5.43 Å². The van der Waals surface area contributed by atoms with Crippen molar-refractivity contribution in [2.24, 2.45) is 0 Å². The van der Waals surface area contributed by atoms with Crippen LogP contribution in [-0.4, -0.2) is 24.2 Å². The Balaban J connectivity index is 2.02. The molecule has 0 unspecified atom stereocenters. The third-order valence-electron chi connectivity index (χ3n) is 3.48. The van der Waals surface area contributed by atoms with E-state index in [0.29, 0.717) is 5.70 Å². The molecule has 2 aromatic carbocycles. The van der Waals surface area contributed by atoms with Crippen LogP contribution in [0, 0.1) is 0 Å². The standard InChI is InChI=1S/C16H16N2O3S/c1-22(20,21)18-16(13-5-3-2-4-6-13)11-15(17-18)12-7-9-14(19)10-8-12/h2-11,16-17,19H,1H3/t16-/m1/s1. The Morgan fingerprint density at radius 3 is 2.27 bits per heavy atom. The Labute approximate surface area is 129 Å². The van der Waals surface area contributed by atoms with E-state index in [0.717, 1.165) is 11.1 Å². The van der Waals surface area contributed by atoms with Gasteiger partial charge in [-0.3, -0.25) is 0 Å². The van der Waals surface area contributed by atoms with Crippen molar-refractivity contribution in [2.75, 3.05) is 6.26 Å². The monoisotopic (exact) mass is 316 g/mol. The average Bonchev–Trinajstić information content (AvgIpc) is 2.94. The summed E-state index contributed by atoms with van der Waals surface area (Å²) in [5, 5.41) is 9.36. The van der Waals surface area contributed by atoms with E-state index < -0.39 is 16.1 Å². The molecule has 3 rings (SSSR count). The van der Waals surface area contributed by atoms with Crippen LogP contribution >= 0.6 is 0 Å². The zero-order valence-electron chi connectivity index (χ0n) is 12.0. The number of phenols is 1. The average molecular weight is 316 g/mol. The van der Waals surface area contributed by atoms with Crippen molar-refractivity contribution in [3.63, 3.8) is 0 Å². The number of hydrogen-bond donors (Lipinski definition) is 2. The smallest absolute Gasteiger partial charge is 0.228 e. The lowest BCUT2D eigenvalue weighted by atomic mass is 10.1. The van der Waals surface area contributed by atoms with Crippen molar-refractivity contribution in [2.45, 2.75) is 6.04 Å². The maximum Gasteiger partial charge on any atom is 0.228 e. The molecule has 2 aromatic rings. The number of benzene rings is 2. The molecule has 0 aliphatic carbocycles. The second kappa shape index (κ2) is 5.47. The van der Waals surface area contributed by atoms with Crippen molar-refractivity contribution < 1.29 is 13.5 Å². The lowest BCUT2D eigenvalue weighted by Gasteiger charge is -2.22. The van der Waals surface area contributed by atoms with Crippen LogP contribution in [0.5, 0.6) is 5.75 Å². The molecule has 0 saturated heterocycles. The first-order valence-corrected chi connectivity index (χ1v) is 8.62. The van der Waals surface area contributed by atoms with Crippen LogP contribution in [0.4, 0.5) is 0 Å². The van der Waals surface area contributed by atoms with Gasteiger partial charge in [-0.2, -0.15) is 0 Å². The van der Waals surface area contributed by atoms with Gasteiger partial charge in [0.05, 0.1) is 18.0 Å². The lowest BCUT2D eigenvalue weighted by molar-refractivity contribution is 0.351. The summed E-state index contributed by atoms with van der Waals surface area (Å²) in [6.07, 6.45) is 3.03. The van der Waals surface area contributed by atoms with E-state index in [-0.39, 0.29) is 5.75 Å². The zero-order valence-corrected chi connectivity index (χ0v) is 12.8. The maximum atomic E-state index is 12.0. The van der Waals surface area contributed by atoms with Gasteiger partial charge in [-0.15, -0.1) is 4.41 Å². The van der Waals surface area contributed by atoms with Gasteiger partial charge in [-0.1, -0.05) is 30.3 Å². The normalized spacial score (nSPS) is 18.8. The number of hydrogen-bond acceptors (Lipinski definition) is 4. The first-order valence-electron chi connectivity index (χ1n) is 6.77. The highest BCUT2D eigenvalue weighted by molar-refractivity contribution is 7.88. The number of sulfonamides is 1. The minimum atomic E-state index is -3.43. The Bertz CT molecular complexity index is 799. The van der Waals surface area contributed by atoms with E-state index in [1.165, 1.54) is 10.7 Å². The molecule has 0 fully saturated rings. The topological polar surface area (TPSA) is 69.6 Å². The predicted octanol–water partition coefficient (Wildman–Crippen LogP) is 2.25. The largest absolute Gasteiger partial charge is 0.508 e. The van der Waals surface area contributed by atoms with E-state index >= 15 is 0 Å². The molecule has 2 N–H and O–H groups in total. The number of hydrazine groups is 1. The van der Waals surface area contributed by atoms with Crippen LogP contribution in [0.2, 0.25) is 0 Å². The van der Waals surface area contributed by atoms with Crippen LogP contribution in [0.1, 0.15) is 17.2 Å². The Hall–Kier alpha value is -2.31. The molecule has 0 bridgehead atoms. The van der Waals surface area contributed by atoms with E-state index in [2.05, 4.69) is 5.43 Å². The van der Waals surface area contributed by atoms with Crippen molar-refractivity contribution in [3.8, 4) is 5.75 Å². The molecule has 1 atom stereocenters. The molecular formula is C16H16N2O3S. The minimum absolute atomic E-state index is 0.168. The van der Waals surface area contributed by atoms with Gasteiger partial charge >= 0.3 is 0 Å². The van der Waals surface area contributed by atoms with Gasteiger partial charge in [0.15, 0.2) is 0 Å². The van der Waals surface area contributed by atoms with Crippen LogP contribution in [0.25, 0.3) is 5.70 Å². The van der Waals surface area contributed by atoms with Crippen molar-refractivity contribution in [3.05, 3.63) is 71.8 Å². The quantitative estimate of drug-likeness (QED) is 0.911. The fourth-order valence-corrected chi connectivity index (χ4v) is 3.28. The van der Waals surface area contributed by atoms with Crippen molar-refractivity contribution in [1.29, 1.82) is 0 Å². The molecule has 22 heavy (non-hydrogen) atoms. The fourth-order valence-electron chi connectivity index (χ4n) is 2.42. The summed E-state index contributed by atoms with van der Waals surface area (Å²) in [6.45, 7) is 0. The zero-order chi connectivity index (χ0) is 15.7. The van der Waals surface area contributed by atoms with Gasteiger partial charge in [0.2, 0.25) is 10.0 Å². The Kier molecular flexibility index (Phi) is 3.64. The van der Waals surface area contributed by atoms with E-state index in [9.17, 15) is 13.5 Å². The van der Waals surface area contributed by atoms with Crippen LogP contribution in [0.3, 0.4) is 0 Å². The molecule has 1 heterocycles. The maximum absolute atomic E-state index is 12.0. The summed E-state index contributed by atoms with van der Waals surface area (Å²) < 4.78 is 25.3. The number of rotatable bonds is 3. The van der Waals surface area contributed by atoms with Gasteiger partial charge < -0.3 is 10.5 Å². The van der Waals surface area contributed by atoms with Gasteiger partial charge in [-0.05, 0) is 41.5 Å². The second-order valence-electron chi connectivity index (χ2n) is 5.15. The fraction of sp³-hybridized carbons (Fsp3) is 0.125. The van der Waals surface area contributed by atoms with E-state index in [4.69, 9.17) is 0 Å². The molecule has 0 spiro atoms. The first-order chi connectivity index (χ1) is 10.4. The molecule has 6 heteroatoms. The molecule has 0 aromatic heterocycles. The molecular weight excluding hydrogens is 300 g/mol. The second-order valence-corrected chi connectivity index (χ2v) is 7.01. The highest BCUT2D eigenvalue weighted by Crippen LogP contribution is 2.33. The van der Waals surface area contributed by atoms with Gasteiger partial charge in [0.25, 0.3) is 0 Å². The number of nitrogens with one attached hydrogen (secondary N) is 1. The third kappa shape index (κ3) is 2.84.